The van der Waals surface area contributed by atoms with Gasteiger partial charge in [-0.25, -0.2) is 8.78 Å². The van der Waals surface area contributed by atoms with E-state index in [-0.39, 0.29) is 10.8 Å². The third-order valence-corrected chi connectivity index (χ3v) is 8.42. The molecule has 0 spiro atoms. The van der Waals surface area contributed by atoms with Crippen LogP contribution in [0.5, 0.6) is 0 Å². The second-order valence-corrected chi connectivity index (χ2v) is 10.2. The average molecular weight is 447 g/mol. The van der Waals surface area contributed by atoms with E-state index >= 15 is 4.11 Å². The van der Waals surface area contributed by atoms with Crippen molar-refractivity contribution in [1.29, 1.82) is 0 Å². The van der Waals surface area contributed by atoms with E-state index in [1.54, 1.807) is 66.7 Å². The first-order chi connectivity index (χ1) is 12.9. The molecule has 0 aliphatic rings. The van der Waals surface area contributed by atoms with Crippen LogP contribution in [0.25, 0.3) is 0 Å². The monoisotopic (exact) mass is 446 g/mol. The van der Waals surface area contributed by atoms with E-state index < -0.39 is 20.8 Å². The van der Waals surface area contributed by atoms with E-state index in [1.807, 2.05) is 0 Å². The van der Waals surface area contributed by atoms with Crippen LogP contribution >= 0.6 is 15.9 Å². The van der Waals surface area contributed by atoms with Gasteiger partial charge < -0.3 is 0 Å². The van der Waals surface area contributed by atoms with Crippen molar-refractivity contribution in [2.45, 2.75) is 12.3 Å². The lowest BCUT2D eigenvalue weighted by atomic mass is 10.1. The summed E-state index contributed by atoms with van der Waals surface area (Å²) in [5.74, 6) is -3.21. The van der Waals surface area contributed by atoms with E-state index in [1.165, 1.54) is 12.1 Å². The summed E-state index contributed by atoms with van der Waals surface area (Å²) in [7, 11) is -4.12. The van der Waals surface area contributed by atoms with Gasteiger partial charge in [0.15, 0.2) is 0 Å². The molecular formula is C22H18BrF3Si. The molecule has 0 fully saturated rings. The topological polar surface area (TPSA) is 0 Å². The van der Waals surface area contributed by atoms with Gasteiger partial charge in [-0.2, -0.15) is 0 Å². The summed E-state index contributed by atoms with van der Waals surface area (Å²) in [6.45, 7) is 3.43. The Balaban J connectivity index is 2.34. The van der Waals surface area contributed by atoms with Crippen LogP contribution in [0.15, 0.2) is 96.0 Å². The van der Waals surface area contributed by atoms with Crippen molar-refractivity contribution < 1.29 is 12.9 Å². The van der Waals surface area contributed by atoms with Crippen LogP contribution in [0.1, 0.15) is 12.0 Å². The van der Waals surface area contributed by atoms with Crippen LogP contribution in [0.3, 0.4) is 0 Å². The molecule has 3 aromatic rings. The summed E-state index contributed by atoms with van der Waals surface area (Å²) < 4.78 is 47.2. The third kappa shape index (κ3) is 3.80. The Morgan fingerprint density at radius 2 is 1.41 bits per heavy atom. The average Bonchev–Trinajstić information content (AvgIpc) is 2.68. The Kier molecular flexibility index (Phi) is 5.72. The molecule has 138 valence electrons. The lowest BCUT2D eigenvalue weighted by Gasteiger charge is -2.29. The molecule has 0 bridgehead atoms. The molecule has 0 nitrogen and oxygen atoms in total. The van der Waals surface area contributed by atoms with Crippen LogP contribution in [-0.2, 0) is 5.92 Å². The summed E-state index contributed by atoms with van der Waals surface area (Å²) in [5.41, 5.74) is -0.293. The van der Waals surface area contributed by atoms with Gasteiger partial charge in [-0.3, -0.25) is 4.11 Å². The highest BCUT2D eigenvalue weighted by Crippen LogP contribution is 2.33. The van der Waals surface area contributed by atoms with Crippen molar-refractivity contribution in [1.82, 2.24) is 0 Å². The van der Waals surface area contributed by atoms with Gasteiger partial charge >= 0.3 is 8.41 Å². The second-order valence-electron chi connectivity index (χ2n) is 6.28. The van der Waals surface area contributed by atoms with E-state index in [9.17, 15) is 8.78 Å². The number of rotatable bonds is 6. The predicted octanol–water partition coefficient (Wildman–Crippen LogP) is 5.05. The summed E-state index contributed by atoms with van der Waals surface area (Å²) in [4.78, 5) is 0. The van der Waals surface area contributed by atoms with Gasteiger partial charge in [-0.1, -0.05) is 88.7 Å². The Labute approximate surface area is 166 Å². The fraction of sp³-hybridized carbons (Fsp3) is 0.0909. The molecule has 0 aliphatic heterocycles. The molecule has 27 heavy (non-hydrogen) atoms. The van der Waals surface area contributed by atoms with Crippen LogP contribution in [-0.4, -0.2) is 8.41 Å². The summed E-state index contributed by atoms with van der Waals surface area (Å²) in [6.07, 6.45) is 0.613. The second kappa shape index (κ2) is 7.86. The van der Waals surface area contributed by atoms with Crippen molar-refractivity contribution in [3.63, 3.8) is 0 Å². The van der Waals surface area contributed by atoms with Crippen molar-refractivity contribution in [3.8, 4) is 0 Å². The minimum atomic E-state index is -4.12. The molecule has 3 aromatic carbocycles. The van der Waals surface area contributed by atoms with Crippen LogP contribution in [0.2, 0.25) is 0 Å². The normalized spacial score (nSPS) is 12.0. The number of alkyl halides is 2. The molecular weight excluding hydrogens is 429 g/mol. The van der Waals surface area contributed by atoms with E-state index in [2.05, 4.69) is 22.5 Å². The van der Waals surface area contributed by atoms with Crippen LogP contribution in [0, 0.1) is 0 Å². The zero-order valence-corrected chi connectivity index (χ0v) is 17.1. The molecule has 5 heteroatoms. The number of hydrogen-bond acceptors (Lipinski definition) is 0. The Bertz CT molecular complexity index is 887. The molecule has 0 N–H and O–H groups in total. The minimum Gasteiger partial charge on any atom is -0.296 e. The van der Waals surface area contributed by atoms with E-state index in [0.29, 0.717) is 14.8 Å². The number of hydrogen-bond donors (Lipinski definition) is 0. The van der Waals surface area contributed by atoms with E-state index in [0.717, 1.165) is 6.08 Å². The Hall–Kier alpha value is -2.11. The van der Waals surface area contributed by atoms with Gasteiger partial charge in [0.25, 0.3) is 5.92 Å². The Morgan fingerprint density at radius 1 is 0.889 bits per heavy atom. The molecule has 0 aliphatic carbocycles. The zero-order chi connectivity index (χ0) is 19.5. The fourth-order valence-corrected chi connectivity index (χ4v) is 6.78. The molecule has 3 rings (SSSR count). The molecule has 0 unspecified atom stereocenters. The lowest BCUT2D eigenvalue weighted by Crippen LogP contribution is -2.65. The third-order valence-electron chi connectivity index (χ3n) is 4.49. The van der Waals surface area contributed by atoms with Crippen LogP contribution < -0.4 is 15.6 Å². The zero-order valence-electron chi connectivity index (χ0n) is 14.5. The maximum Gasteiger partial charge on any atom is 0.339 e. The largest absolute Gasteiger partial charge is 0.339 e. The highest BCUT2D eigenvalue weighted by Gasteiger charge is 2.47. The Morgan fingerprint density at radius 3 is 1.89 bits per heavy atom. The lowest BCUT2D eigenvalue weighted by molar-refractivity contribution is 0.0000559. The standard InChI is InChI=1S/C22H18BrF3Si/c1-2-15-22(24,25)20-16-17(23)13-14-21(20)27(26,18-9-5-3-6-10-18)19-11-7-4-8-12-19/h2-14,16H,1,15H2. The van der Waals surface area contributed by atoms with Gasteiger partial charge in [-0.15, -0.1) is 6.58 Å². The molecule has 0 saturated carbocycles. The van der Waals surface area contributed by atoms with E-state index in [4.69, 9.17) is 0 Å². The van der Waals surface area contributed by atoms with Gasteiger partial charge in [0.05, 0.1) is 0 Å². The van der Waals surface area contributed by atoms with Gasteiger partial charge in [0, 0.05) is 16.5 Å². The molecule has 0 radical (unpaired) electrons. The summed E-state index contributed by atoms with van der Waals surface area (Å²) in [6, 6.07) is 21.7. The van der Waals surface area contributed by atoms with Gasteiger partial charge in [0.1, 0.15) is 0 Å². The maximum absolute atomic E-state index is 16.9. The first-order valence-electron chi connectivity index (χ1n) is 8.49. The maximum atomic E-state index is 16.9. The highest BCUT2D eigenvalue weighted by atomic mass is 79.9. The number of benzene rings is 3. The highest BCUT2D eigenvalue weighted by molar-refractivity contribution is 9.10. The molecule has 0 amide bonds. The first kappa shape index (κ1) is 19.6. The molecule has 0 atom stereocenters. The predicted molar refractivity (Wildman–Crippen MR) is 111 cm³/mol. The summed E-state index contributed by atoms with van der Waals surface area (Å²) >= 11 is 3.25. The SMILES string of the molecule is C=CCC(F)(F)c1cc(Br)ccc1[Si](F)(c1ccccc1)c1ccccc1. The summed E-state index contributed by atoms with van der Waals surface area (Å²) in [5, 5.41) is 0.943. The number of allylic oxidation sites excluding steroid dienone is 1. The number of halogens is 4. The van der Waals surface area contributed by atoms with Crippen molar-refractivity contribution in [3.05, 3.63) is 102 Å². The first-order valence-corrected chi connectivity index (χ1v) is 11.2. The quantitative estimate of drug-likeness (QED) is 0.215. The van der Waals surface area contributed by atoms with Gasteiger partial charge in [-0.05, 0) is 27.7 Å². The fourth-order valence-electron chi connectivity index (χ4n) is 3.22. The molecule has 0 aromatic heterocycles. The van der Waals surface area contributed by atoms with Crippen molar-refractivity contribution in [2.75, 3.05) is 0 Å². The molecule has 0 heterocycles. The van der Waals surface area contributed by atoms with Crippen molar-refractivity contribution >= 4 is 39.9 Å². The van der Waals surface area contributed by atoms with Gasteiger partial charge in [0.2, 0.25) is 0 Å². The molecule has 0 saturated heterocycles. The van der Waals surface area contributed by atoms with Crippen LogP contribution in [0.4, 0.5) is 12.9 Å². The smallest absolute Gasteiger partial charge is 0.296 e. The minimum absolute atomic E-state index is 0.0648. The van der Waals surface area contributed by atoms with Crippen molar-refractivity contribution in [2.24, 2.45) is 0 Å².